The highest BCUT2D eigenvalue weighted by molar-refractivity contribution is 5.94. The monoisotopic (exact) mass is 522 g/mol. The van der Waals surface area contributed by atoms with Gasteiger partial charge in [0.1, 0.15) is 23.9 Å². The van der Waals surface area contributed by atoms with Gasteiger partial charge in [-0.25, -0.2) is 4.79 Å². The van der Waals surface area contributed by atoms with Gasteiger partial charge in [-0.3, -0.25) is 19.2 Å². The molecule has 8 N–H and O–H groups in total. The van der Waals surface area contributed by atoms with Crippen LogP contribution in [0.25, 0.3) is 0 Å². The Labute approximate surface area is 216 Å². The summed E-state index contributed by atoms with van der Waals surface area (Å²) in [5, 5.41) is 35.4. The minimum Gasteiger partial charge on any atom is -0.508 e. The zero-order valence-electron chi connectivity index (χ0n) is 21.6. The first-order valence-electron chi connectivity index (χ1n) is 12.2. The minimum atomic E-state index is -1.37. The molecule has 0 radical (unpaired) electrons. The zero-order chi connectivity index (χ0) is 28.3. The summed E-state index contributed by atoms with van der Waals surface area (Å²) in [6, 6.07) is 1.25. The van der Waals surface area contributed by atoms with E-state index < -0.39 is 66.2 Å². The van der Waals surface area contributed by atoms with E-state index in [9.17, 15) is 34.2 Å². The lowest BCUT2D eigenvalue weighted by atomic mass is 9.98. The Kier molecular flexibility index (Phi) is 12.5. The molecule has 3 amide bonds. The summed E-state index contributed by atoms with van der Waals surface area (Å²) in [7, 11) is 0. The van der Waals surface area contributed by atoms with Gasteiger partial charge in [-0.15, -0.1) is 0 Å². The van der Waals surface area contributed by atoms with Crippen molar-refractivity contribution in [3.8, 4) is 5.75 Å². The highest BCUT2D eigenvalue weighted by Gasteiger charge is 2.32. The van der Waals surface area contributed by atoms with E-state index in [1.54, 1.807) is 32.9 Å². The van der Waals surface area contributed by atoms with Crippen molar-refractivity contribution in [1.29, 1.82) is 0 Å². The van der Waals surface area contributed by atoms with E-state index in [2.05, 4.69) is 16.0 Å². The van der Waals surface area contributed by atoms with E-state index in [0.29, 0.717) is 12.0 Å². The Morgan fingerprint density at radius 1 is 0.865 bits per heavy atom. The van der Waals surface area contributed by atoms with E-state index in [0.717, 1.165) is 0 Å². The molecule has 1 rings (SSSR count). The lowest BCUT2D eigenvalue weighted by molar-refractivity contribution is -0.144. The van der Waals surface area contributed by atoms with Crippen LogP contribution in [0.1, 0.15) is 52.5 Å². The summed E-state index contributed by atoms with van der Waals surface area (Å²) in [6.45, 7) is 6.84. The minimum absolute atomic E-state index is 0.0103. The number of rotatable bonds is 15. The molecule has 0 saturated carbocycles. The van der Waals surface area contributed by atoms with Crippen LogP contribution >= 0.6 is 0 Å². The van der Waals surface area contributed by atoms with Crippen LogP contribution < -0.4 is 21.7 Å². The number of carbonyl (C=O) groups is 5. The molecule has 12 nitrogen and oxygen atoms in total. The normalized spacial score (nSPS) is 15.1. The molecule has 12 heteroatoms. The molecule has 0 fully saturated rings. The fourth-order valence-corrected chi connectivity index (χ4v) is 3.43. The molecular formula is C25H38N4O8. The fourth-order valence-electron chi connectivity index (χ4n) is 3.43. The van der Waals surface area contributed by atoms with Crippen LogP contribution in [-0.4, -0.2) is 69.1 Å². The Hall–Kier alpha value is -3.67. The number of carboxylic acid groups (broad SMARTS) is 2. The zero-order valence-corrected chi connectivity index (χ0v) is 21.6. The predicted molar refractivity (Wildman–Crippen MR) is 134 cm³/mol. The van der Waals surface area contributed by atoms with Crippen LogP contribution in [0.2, 0.25) is 0 Å². The molecular weight excluding hydrogens is 484 g/mol. The second-order valence-electron chi connectivity index (χ2n) is 9.41. The van der Waals surface area contributed by atoms with Crippen molar-refractivity contribution in [2.45, 2.75) is 77.5 Å². The molecule has 0 saturated heterocycles. The maximum Gasteiger partial charge on any atom is 0.326 e. The Morgan fingerprint density at radius 2 is 1.41 bits per heavy atom. The second kappa shape index (κ2) is 14.8. The van der Waals surface area contributed by atoms with Crippen LogP contribution in [0.4, 0.5) is 0 Å². The SMILES string of the molecule is CCC(C)C(N)C(=O)NC(Cc1ccc(O)cc1)C(=O)NC(CCC(=O)O)C(=O)NC(C(=O)O)C(C)C. The number of phenols is 1. The highest BCUT2D eigenvalue weighted by Crippen LogP contribution is 2.13. The molecule has 5 atom stereocenters. The van der Waals surface area contributed by atoms with Gasteiger partial charge in [0.25, 0.3) is 0 Å². The molecule has 37 heavy (non-hydrogen) atoms. The number of amides is 3. The van der Waals surface area contributed by atoms with Crippen molar-refractivity contribution < 1.29 is 39.3 Å². The third-order valence-corrected chi connectivity index (χ3v) is 6.08. The number of aromatic hydroxyl groups is 1. The van der Waals surface area contributed by atoms with Crippen molar-refractivity contribution in [3.63, 3.8) is 0 Å². The molecule has 5 unspecified atom stereocenters. The number of hydrogen-bond donors (Lipinski definition) is 7. The average molecular weight is 523 g/mol. The highest BCUT2D eigenvalue weighted by atomic mass is 16.4. The Bertz CT molecular complexity index is 951. The van der Waals surface area contributed by atoms with Gasteiger partial charge in [-0.05, 0) is 36.0 Å². The van der Waals surface area contributed by atoms with E-state index >= 15 is 0 Å². The predicted octanol–water partition coefficient (Wildman–Crippen LogP) is 0.368. The van der Waals surface area contributed by atoms with Crippen molar-refractivity contribution in [1.82, 2.24) is 16.0 Å². The number of phenolic OH excluding ortho intramolecular Hbond substituents is 1. The van der Waals surface area contributed by atoms with Gasteiger partial charge in [-0.2, -0.15) is 0 Å². The smallest absolute Gasteiger partial charge is 0.326 e. The first-order chi connectivity index (χ1) is 17.3. The maximum absolute atomic E-state index is 13.3. The lowest BCUT2D eigenvalue weighted by Crippen LogP contribution is -2.58. The van der Waals surface area contributed by atoms with Crippen molar-refractivity contribution in [3.05, 3.63) is 29.8 Å². The van der Waals surface area contributed by atoms with Crippen LogP contribution in [0.15, 0.2) is 24.3 Å². The van der Waals surface area contributed by atoms with Crippen LogP contribution in [0.3, 0.4) is 0 Å². The Morgan fingerprint density at radius 3 is 1.89 bits per heavy atom. The van der Waals surface area contributed by atoms with Gasteiger partial charge in [0.05, 0.1) is 6.04 Å². The van der Waals surface area contributed by atoms with Crippen LogP contribution in [0, 0.1) is 11.8 Å². The average Bonchev–Trinajstić information content (AvgIpc) is 2.83. The summed E-state index contributed by atoms with van der Waals surface area (Å²) >= 11 is 0. The van der Waals surface area contributed by atoms with Gasteiger partial charge in [0.2, 0.25) is 17.7 Å². The second-order valence-corrected chi connectivity index (χ2v) is 9.41. The number of hydrogen-bond acceptors (Lipinski definition) is 7. The topological polar surface area (TPSA) is 208 Å². The number of nitrogens with two attached hydrogens (primary N) is 1. The van der Waals surface area contributed by atoms with E-state index in [1.807, 2.05) is 6.92 Å². The largest absolute Gasteiger partial charge is 0.508 e. The van der Waals surface area contributed by atoms with Gasteiger partial charge in [0.15, 0.2) is 0 Å². The third kappa shape index (κ3) is 10.5. The van der Waals surface area contributed by atoms with Gasteiger partial charge >= 0.3 is 11.9 Å². The Balaban J connectivity index is 3.19. The van der Waals surface area contributed by atoms with Gasteiger partial charge in [0, 0.05) is 12.8 Å². The number of carbonyl (C=O) groups excluding carboxylic acids is 3. The molecule has 0 bridgehead atoms. The molecule has 0 spiro atoms. The van der Waals surface area contributed by atoms with Gasteiger partial charge < -0.3 is 37.0 Å². The molecule has 1 aromatic rings. The maximum atomic E-state index is 13.3. The molecule has 1 aromatic carbocycles. The number of aliphatic carboxylic acids is 2. The van der Waals surface area contributed by atoms with E-state index in [4.69, 9.17) is 10.8 Å². The van der Waals surface area contributed by atoms with Crippen molar-refractivity contribution in [2.24, 2.45) is 17.6 Å². The molecule has 0 aliphatic carbocycles. The summed E-state index contributed by atoms with van der Waals surface area (Å²) < 4.78 is 0. The summed E-state index contributed by atoms with van der Waals surface area (Å²) in [6.07, 6.45) is -0.154. The third-order valence-electron chi connectivity index (χ3n) is 6.08. The van der Waals surface area contributed by atoms with E-state index in [-0.39, 0.29) is 24.5 Å². The van der Waals surface area contributed by atoms with Crippen molar-refractivity contribution in [2.75, 3.05) is 0 Å². The van der Waals surface area contributed by atoms with E-state index in [1.165, 1.54) is 12.1 Å². The lowest BCUT2D eigenvalue weighted by Gasteiger charge is -2.26. The first-order valence-corrected chi connectivity index (χ1v) is 12.2. The van der Waals surface area contributed by atoms with Crippen molar-refractivity contribution >= 4 is 29.7 Å². The molecule has 0 aliphatic heterocycles. The molecule has 0 aromatic heterocycles. The molecule has 0 heterocycles. The standard InChI is InChI=1S/C25H38N4O8/c1-5-14(4)20(26)24(35)28-18(12-15-6-8-16(30)9-7-15)23(34)27-17(10-11-19(31)32)22(33)29-21(13(2)3)25(36)37/h6-9,13-14,17-18,20-21,30H,5,10-12,26H2,1-4H3,(H,27,34)(H,28,35)(H,29,33)(H,31,32)(H,36,37). The van der Waals surface area contributed by atoms with Crippen LogP contribution in [-0.2, 0) is 30.4 Å². The van der Waals surface area contributed by atoms with Crippen LogP contribution in [0.5, 0.6) is 5.75 Å². The molecule has 206 valence electrons. The number of benzene rings is 1. The summed E-state index contributed by atoms with van der Waals surface area (Å²) in [4.78, 5) is 61.5. The number of nitrogens with one attached hydrogen (secondary N) is 3. The summed E-state index contributed by atoms with van der Waals surface area (Å²) in [5.74, 6) is -5.33. The fraction of sp³-hybridized carbons (Fsp3) is 0.560. The number of carboxylic acids is 2. The first kappa shape index (κ1) is 31.4. The molecule has 0 aliphatic rings. The summed E-state index contributed by atoms with van der Waals surface area (Å²) in [5.41, 5.74) is 6.60. The van der Waals surface area contributed by atoms with Gasteiger partial charge in [-0.1, -0.05) is 46.2 Å². The quantitative estimate of drug-likeness (QED) is 0.169.